The van der Waals surface area contributed by atoms with Crippen LogP contribution in [0.2, 0.25) is 0 Å². The Morgan fingerprint density at radius 3 is 3.07 bits per heavy atom. The second-order valence-electron chi connectivity index (χ2n) is 3.57. The molecule has 1 amide bonds. The van der Waals surface area contributed by atoms with Crippen LogP contribution >= 0.6 is 11.3 Å². The number of aliphatic hydroxyl groups is 1. The van der Waals surface area contributed by atoms with Gasteiger partial charge in [-0.2, -0.15) is 0 Å². The van der Waals surface area contributed by atoms with Gasteiger partial charge in [0.05, 0.1) is 6.10 Å². The van der Waals surface area contributed by atoms with E-state index in [-0.39, 0.29) is 5.91 Å². The third kappa shape index (κ3) is 5.54. The topological polar surface area (TPSA) is 49.3 Å². The van der Waals surface area contributed by atoms with Crippen LogP contribution in [-0.4, -0.2) is 23.7 Å². The van der Waals surface area contributed by atoms with Crippen LogP contribution in [0.4, 0.5) is 0 Å². The lowest BCUT2D eigenvalue weighted by atomic mass is 10.2. The molecule has 1 aromatic rings. The fourth-order valence-corrected chi connectivity index (χ4v) is 1.92. The number of nitrogens with one attached hydrogen (secondary N) is 1. The van der Waals surface area contributed by atoms with Crippen molar-refractivity contribution in [1.29, 1.82) is 0 Å². The number of hydrogen-bond donors (Lipinski definition) is 2. The highest BCUT2D eigenvalue weighted by Gasteiger charge is 2.03. The van der Waals surface area contributed by atoms with Gasteiger partial charge in [0.1, 0.15) is 0 Å². The fraction of sp³-hybridized carbons (Fsp3) is 0.545. The van der Waals surface area contributed by atoms with E-state index < -0.39 is 6.10 Å². The van der Waals surface area contributed by atoms with Gasteiger partial charge in [0, 0.05) is 17.8 Å². The number of carbonyl (C=O) groups is 1. The van der Waals surface area contributed by atoms with E-state index in [0.717, 1.165) is 6.42 Å². The molecule has 0 spiro atoms. The molecule has 84 valence electrons. The summed E-state index contributed by atoms with van der Waals surface area (Å²) in [6.45, 7) is 2.37. The Kier molecular flexibility index (Phi) is 5.36. The lowest BCUT2D eigenvalue weighted by Gasteiger charge is -2.05. The first-order valence-corrected chi connectivity index (χ1v) is 6.03. The molecule has 3 nitrogen and oxygen atoms in total. The third-order valence-electron chi connectivity index (χ3n) is 2.06. The van der Waals surface area contributed by atoms with Crippen LogP contribution in [0.1, 0.15) is 24.6 Å². The SMILES string of the molecule is CC(O)CCC(=O)NCCc1cccs1. The number of aliphatic hydroxyl groups excluding tert-OH is 1. The first kappa shape index (κ1) is 12.2. The fourth-order valence-electron chi connectivity index (χ4n) is 1.21. The highest BCUT2D eigenvalue weighted by molar-refractivity contribution is 7.09. The maximum atomic E-state index is 11.3. The Bertz CT molecular complexity index is 283. The first-order valence-electron chi connectivity index (χ1n) is 5.15. The molecule has 1 atom stereocenters. The van der Waals surface area contributed by atoms with Crippen LogP contribution in [0.3, 0.4) is 0 Å². The monoisotopic (exact) mass is 227 g/mol. The summed E-state index contributed by atoms with van der Waals surface area (Å²) in [6, 6.07) is 4.07. The predicted octanol–water partition coefficient (Wildman–Crippen LogP) is 1.57. The number of hydrogen-bond acceptors (Lipinski definition) is 3. The molecule has 0 aliphatic heterocycles. The zero-order valence-electron chi connectivity index (χ0n) is 8.90. The Hall–Kier alpha value is -0.870. The van der Waals surface area contributed by atoms with E-state index in [1.807, 2.05) is 11.4 Å². The van der Waals surface area contributed by atoms with Gasteiger partial charge in [-0.15, -0.1) is 11.3 Å². The minimum absolute atomic E-state index is 0.0208. The van der Waals surface area contributed by atoms with Gasteiger partial charge in [0.15, 0.2) is 0 Å². The largest absolute Gasteiger partial charge is 0.393 e. The van der Waals surface area contributed by atoms with Crippen molar-refractivity contribution < 1.29 is 9.90 Å². The molecule has 0 saturated heterocycles. The Morgan fingerprint density at radius 1 is 1.67 bits per heavy atom. The molecule has 4 heteroatoms. The molecular formula is C11H17NO2S. The number of amides is 1. The smallest absolute Gasteiger partial charge is 0.220 e. The van der Waals surface area contributed by atoms with E-state index in [2.05, 4.69) is 11.4 Å². The molecule has 0 saturated carbocycles. The molecule has 0 aliphatic carbocycles. The van der Waals surface area contributed by atoms with Crippen LogP contribution in [0.15, 0.2) is 17.5 Å². The zero-order valence-corrected chi connectivity index (χ0v) is 9.72. The summed E-state index contributed by atoms with van der Waals surface area (Å²) >= 11 is 1.70. The van der Waals surface area contributed by atoms with Crippen LogP contribution in [0.5, 0.6) is 0 Å². The van der Waals surface area contributed by atoms with Gasteiger partial charge in [-0.25, -0.2) is 0 Å². The first-order chi connectivity index (χ1) is 7.18. The van der Waals surface area contributed by atoms with Crippen LogP contribution in [0.25, 0.3) is 0 Å². The molecule has 1 heterocycles. The molecule has 0 aromatic carbocycles. The number of thiophene rings is 1. The summed E-state index contributed by atoms with van der Waals surface area (Å²) in [5.41, 5.74) is 0. The molecule has 1 rings (SSSR count). The van der Waals surface area contributed by atoms with E-state index >= 15 is 0 Å². The zero-order chi connectivity index (χ0) is 11.1. The number of rotatable bonds is 6. The molecular weight excluding hydrogens is 210 g/mol. The van der Waals surface area contributed by atoms with Gasteiger partial charge >= 0.3 is 0 Å². The van der Waals surface area contributed by atoms with Crippen molar-refractivity contribution in [2.24, 2.45) is 0 Å². The normalized spacial score (nSPS) is 12.4. The van der Waals surface area contributed by atoms with Gasteiger partial charge in [0.25, 0.3) is 0 Å². The van der Waals surface area contributed by atoms with Crippen molar-refractivity contribution in [3.05, 3.63) is 22.4 Å². The lowest BCUT2D eigenvalue weighted by molar-refractivity contribution is -0.121. The standard InChI is InChI=1S/C11H17NO2S/c1-9(13)4-5-11(14)12-7-6-10-3-2-8-15-10/h2-3,8-9,13H,4-7H2,1H3,(H,12,14). The Balaban J connectivity index is 2.07. The van der Waals surface area contributed by atoms with Crippen LogP contribution in [0, 0.1) is 0 Å². The molecule has 1 aromatic heterocycles. The van der Waals surface area contributed by atoms with Gasteiger partial charge in [-0.3, -0.25) is 4.79 Å². The van der Waals surface area contributed by atoms with Crippen molar-refractivity contribution in [3.63, 3.8) is 0 Å². The van der Waals surface area contributed by atoms with Crippen LogP contribution < -0.4 is 5.32 Å². The summed E-state index contributed by atoms with van der Waals surface area (Å²) < 4.78 is 0. The van der Waals surface area contributed by atoms with Crippen LogP contribution in [-0.2, 0) is 11.2 Å². The molecule has 1 unspecified atom stereocenters. The van der Waals surface area contributed by atoms with Crippen molar-refractivity contribution in [2.45, 2.75) is 32.3 Å². The van der Waals surface area contributed by atoms with Crippen molar-refractivity contribution in [1.82, 2.24) is 5.32 Å². The number of carbonyl (C=O) groups excluding carboxylic acids is 1. The molecule has 0 aliphatic rings. The average molecular weight is 227 g/mol. The highest BCUT2D eigenvalue weighted by Crippen LogP contribution is 2.08. The Labute approximate surface area is 94.1 Å². The van der Waals surface area contributed by atoms with Gasteiger partial charge < -0.3 is 10.4 Å². The maximum Gasteiger partial charge on any atom is 0.220 e. The quantitative estimate of drug-likeness (QED) is 0.775. The third-order valence-corrected chi connectivity index (χ3v) is 3.00. The second-order valence-corrected chi connectivity index (χ2v) is 4.60. The van der Waals surface area contributed by atoms with Crippen molar-refractivity contribution in [2.75, 3.05) is 6.54 Å². The summed E-state index contributed by atoms with van der Waals surface area (Å²) in [6.07, 6.45) is 1.43. The maximum absolute atomic E-state index is 11.3. The Morgan fingerprint density at radius 2 is 2.47 bits per heavy atom. The average Bonchev–Trinajstić information content (AvgIpc) is 2.67. The van der Waals surface area contributed by atoms with Crippen molar-refractivity contribution >= 4 is 17.2 Å². The lowest BCUT2D eigenvalue weighted by Crippen LogP contribution is -2.26. The van der Waals surface area contributed by atoms with Gasteiger partial charge in [-0.1, -0.05) is 6.07 Å². The van der Waals surface area contributed by atoms with Gasteiger partial charge in [0.2, 0.25) is 5.91 Å². The second kappa shape index (κ2) is 6.58. The minimum Gasteiger partial charge on any atom is -0.393 e. The van der Waals surface area contributed by atoms with Crippen molar-refractivity contribution in [3.8, 4) is 0 Å². The van der Waals surface area contributed by atoms with E-state index in [1.54, 1.807) is 18.3 Å². The summed E-state index contributed by atoms with van der Waals surface area (Å²) in [7, 11) is 0. The minimum atomic E-state index is -0.395. The molecule has 0 radical (unpaired) electrons. The highest BCUT2D eigenvalue weighted by atomic mass is 32.1. The van der Waals surface area contributed by atoms with Gasteiger partial charge in [-0.05, 0) is 31.2 Å². The molecule has 0 fully saturated rings. The van der Waals surface area contributed by atoms with E-state index in [0.29, 0.717) is 19.4 Å². The van der Waals surface area contributed by atoms with E-state index in [1.165, 1.54) is 4.88 Å². The predicted molar refractivity (Wildman–Crippen MR) is 61.9 cm³/mol. The summed E-state index contributed by atoms with van der Waals surface area (Å²) in [5.74, 6) is 0.0208. The van der Waals surface area contributed by atoms with E-state index in [4.69, 9.17) is 5.11 Å². The molecule has 0 bridgehead atoms. The summed E-state index contributed by atoms with van der Waals surface area (Å²) in [5, 5.41) is 13.9. The van der Waals surface area contributed by atoms with E-state index in [9.17, 15) is 4.79 Å². The molecule has 15 heavy (non-hydrogen) atoms. The summed E-state index contributed by atoms with van der Waals surface area (Å²) in [4.78, 5) is 12.5. The molecule has 2 N–H and O–H groups in total.